The summed E-state index contributed by atoms with van der Waals surface area (Å²) in [5.41, 5.74) is 0.835. The minimum absolute atomic E-state index is 0.102. The Morgan fingerprint density at radius 3 is 2.65 bits per heavy atom. The molecule has 1 heterocycles. The number of Topliss-reactive ketones (excluding diaryl/α,β-unsaturated/α-hetero) is 1. The Morgan fingerprint density at radius 2 is 1.94 bits per heavy atom. The maximum Gasteiger partial charge on any atom is 0.179 e. The van der Waals surface area contributed by atoms with E-state index in [1.807, 2.05) is 12.1 Å². The molecule has 0 spiro atoms. The van der Waals surface area contributed by atoms with E-state index >= 15 is 0 Å². The van der Waals surface area contributed by atoms with E-state index in [2.05, 4.69) is 0 Å². The standard InChI is InChI=1S/C13H14O3S/c14-12(9-5-6-9)7-10-8-17(15,16)13-4-2-1-3-11(10)13/h1-4,9-10H,5-8H2. The minimum atomic E-state index is -3.16. The van der Waals surface area contributed by atoms with Crippen molar-refractivity contribution in [1.29, 1.82) is 0 Å². The number of sulfone groups is 1. The van der Waals surface area contributed by atoms with Crippen LogP contribution in [0, 0.1) is 5.92 Å². The second-order valence-electron chi connectivity index (χ2n) is 4.96. The molecule has 1 saturated carbocycles. The Morgan fingerprint density at radius 1 is 1.24 bits per heavy atom. The number of hydrogen-bond acceptors (Lipinski definition) is 3. The van der Waals surface area contributed by atoms with Gasteiger partial charge in [0.25, 0.3) is 0 Å². The molecule has 1 aliphatic carbocycles. The highest BCUT2D eigenvalue weighted by atomic mass is 32.2. The van der Waals surface area contributed by atoms with Crippen molar-refractivity contribution in [3.8, 4) is 0 Å². The highest BCUT2D eigenvalue weighted by Crippen LogP contribution is 2.40. The fourth-order valence-corrected chi connectivity index (χ4v) is 4.42. The third-order valence-electron chi connectivity index (χ3n) is 3.59. The highest BCUT2D eigenvalue weighted by molar-refractivity contribution is 7.91. The van der Waals surface area contributed by atoms with Gasteiger partial charge in [0, 0.05) is 18.3 Å². The molecule has 90 valence electrons. The molecule has 17 heavy (non-hydrogen) atoms. The van der Waals surface area contributed by atoms with Gasteiger partial charge in [0.2, 0.25) is 0 Å². The molecule has 1 fully saturated rings. The number of hydrogen-bond donors (Lipinski definition) is 0. The second kappa shape index (κ2) is 3.67. The first-order chi connectivity index (χ1) is 8.08. The van der Waals surface area contributed by atoms with Gasteiger partial charge in [-0.05, 0) is 24.5 Å². The zero-order valence-corrected chi connectivity index (χ0v) is 10.2. The maximum atomic E-state index is 11.9. The van der Waals surface area contributed by atoms with Crippen molar-refractivity contribution in [3.05, 3.63) is 29.8 Å². The van der Waals surface area contributed by atoms with Gasteiger partial charge in [-0.3, -0.25) is 4.79 Å². The fourth-order valence-electron chi connectivity index (χ4n) is 2.53. The Balaban J connectivity index is 1.91. The molecule has 1 atom stereocenters. The van der Waals surface area contributed by atoms with Crippen molar-refractivity contribution in [1.82, 2.24) is 0 Å². The van der Waals surface area contributed by atoms with Crippen LogP contribution >= 0.6 is 0 Å². The topological polar surface area (TPSA) is 51.2 Å². The first-order valence-corrected chi connectivity index (χ1v) is 7.57. The summed E-state index contributed by atoms with van der Waals surface area (Å²) in [6, 6.07) is 7.06. The quantitative estimate of drug-likeness (QED) is 0.823. The molecule has 0 amide bonds. The van der Waals surface area contributed by atoms with Crippen LogP contribution in [0.2, 0.25) is 0 Å². The molecular formula is C13H14O3S. The number of benzene rings is 1. The number of carbonyl (C=O) groups is 1. The lowest BCUT2D eigenvalue weighted by molar-refractivity contribution is -0.120. The molecule has 3 rings (SSSR count). The first kappa shape index (κ1) is 11.0. The molecule has 1 aromatic rings. The van der Waals surface area contributed by atoms with Gasteiger partial charge < -0.3 is 0 Å². The van der Waals surface area contributed by atoms with Crippen LogP contribution in [0.1, 0.15) is 30.7 Å². The molecule has 0 bridgehead atoms. The van der Waals surface area contributed by atoms with Crippen LogP contribution in [0.3, 0.4) is 0 Å². The Hall–Kier alpha value is -1.16. The number of ketones is 1. The van der Waals surface area contributed by atoms with E-state index in [9.17, 15) is 13.2 Å². The van der Waals surface area contributed by atoms with E-state index in [1.54, 1.807) is 12.1 Å². The summed E-state index contributed by atoms with van der Waals surface area (Å²) in [6.07, 6.45) is 2.36. The van der Waals surface area contributed by atoms with Crippen LogP contribution in [0.15, 0.2) is 29.2 Å². The normalized spacial score (nSPS) is 25.5. The van der Waals surface area contributed by atoms with E-state index in [1.165, 1.54) is 0 Å². The van der Waals surface area contributed by atoms with Gasteiger partial charge in [0.15, 0.2) is 9.84 Å². The summed E-state index contributed by atoms with van der Waals surface area (Å²) in [5, 5.41) is 0. The molecule has 1 aliphatic heterocycles. The van der Waals surface area contributed by atoms with Crippen LogP contribution < -0.4 is 0 Å². The average molecular weight is 250 g/mol. The van der Waals surface area contributed by atoms with E-state index in [4.69, 9.17) is 0 Å². The SMILES string of the molecule is O=C(CC1CS(=O)(=O)c2ccccc21)C1CC1. The zero-order chi connectivity index (χ0) is 12.0. The van der Waals surface area contributed by atoms with Gasteiger partial charge in [0.1, 0.15) is 5.78 Å². The van der Waals surface area contributed by atoms with Crippen LogP contribution in [-0.4, -0.2) is 20.0 Å². The molecule has 0 N–H and O–H groups in total. The minimum Gasteiger partial charge on any atom is -0.299 e. The first-order valence-electron chi connectivity index (χ1n) is 5.92. The molecule has 0 aromatic heterocycles. The van der Waals surface area contributed by atoms with E-state index in [0.717, 1.165) is 18.4 Å². The monoisotopic (exact) mass is 250 g/mol. The van der Waals surface area contributed by atoms with Crippen molar-refractivity contribution in [2.75, 3.05) is 5.75 Å². The summed E-state index contributed by atoms with van der Waals surface area (Å²) < 4.78 is 23.8. The van der Waals surface area contributed by atoms with Crippen molar-refractivity contribution in [3.63, 3.8) is 0 Å². The summed E-state index contributed by atoms with van der Waals surface area (Å²) in [7, 11) is -3.16. The van der Waals surface area contributed by atoms with Crippen molar-refractivity contribution in [2.24, 2.45) is 5.92 Å². The number of fused-ring (bicyclic) bond motifs is 1. The third kappa shape index (κ3) is 1.90. The van der Waals surface area contributed by atoms with Gasteiger partial charge in [-0.1, -0.05) is 18.2 Å². The van der Waals surface area contributed by atoms with Gasteiger partial charge >= 0.3 is 0 Å². The second-order valence-corrected chi connectivity index (χ2v) is 6.96. The predicted octanol–water partition coefficient (Wildman–Crippen LogP) is 1.93. The van der Waals surface area contributed by atoms with Gasteiger partial charge in [-0.25, -0.2) is 8.42 Å². The lowest BCUT2D eigenvalue weighted by Crippen LogP contribution is -2.10. The van der Waals surface area contributed by atoms with Crippen LogP contribution in [0.4, 0.5) is 0 Å². The number of carbonyl (C=O) groups excluding carboxylic acids is 1. The van der Waals surface area contributed by atoms with Crippen molar-refractivity contribution >= 4 is 15.6 Å². The lowest BCUT2D eigenvalue weighted by atomic mass is 9.94. The largest absolute Gasteiger partial charge is 0.299 e. The van der Waals surface area contributed by atoms with Crippen LogP contribution in [-0.2, 0) is 14.6 Å². The Labute approximate surface area is 101 Å². The molecule has 0 saturated heterocycles. The lowest BCUT2D eigenvalue weighted by Gasteiger charge is -2.07. The zero-order valence-electron chi connectivity index (χ0n) is 9.43. The summed E-state index contributed by atoms with van der Waals surface area (Å²) in [6.45, 7) is 0. The van der Waals surface area contributed by atoms with Gasteiger partial charge in [0.05, 0.1) is 10.6 Å². The number of rotatable bonds is 3. The van der Waals surface area contributed by atoms with Gasteiger partial charge in [-0.2, -0.15) is 0 Å². The van der Waals surface area contributed by atoms with E-state index in [-0.39, 0.29) is 23.4 Å². The molecule has 2 aliphatic rings. The Bertz CT molecular complexity index is 570. The van der Waals surface area contributed by atoms with Crippen molar-refractivity contribution < 1.29 is 13.2 Å². The fraction of sp³-hybridized carbons (Fsp3) is 0.462. The molecule has 1 aromatic carbocycles. The smallest absolute Gasteiger partial charge is 0.179 e. The van der Waals surface area contributed by atoms with E-state index < -0.39 is 9.84 Å². The average Bonchev–Trinajstić information content (AvgIpc) is 3.08. The van der Waals surface area contributed by atoms with Crippen molar-refractivity contribution in [2.45, 2.75) is 30.1 Å². The third-order valence-corrected chi connectivity index (χ3v) is 5.48. The molecule has 1 unspecified atom stereocenters. The predicted molar refractivity (Wildman–Crippen MR) is 63.6 cm³/mol. The van der Waals surface area contributed by atoms with Gasteiger partial charge in [-0.15, -0.1) is 0 Å². The summed E-state index contributed by atoms with van der Waals surface area (Å²) in [4.78, 5) is 12.2. The molecule has 0 radical (unpaired) electrons. The maximum absolute atomic E-state index is 11.9. The van der Waals surface area contributed by atoms with E-state index in [0.29, 0.717) is 11.3 Å². The molecule has 4 heteroatoms. The van der Waals surface area contributed by atoms with Crippen LogP contribution in [0.5, 0.6) is 0 Å². The highest BCUT2D eigenvalue weighted by Gasteiger charge is 2.38. The summed E-state index contributed by atoms with van der Waals surface area (Å²) in [5.74, 6) is 0.432. The molecule has 3 nitrogen and oxygen atoms in total. The molecular weight excluding hydrogens is 236 g/mol. The summed E-state index contributed by atoms with van der Waals surface area (Å²) >= 11 is 0. The Kier molecular flexibility index (Phi) is 2.36. The van der Waals surface area contributed by atoms with Crippen LogP contribution in [0.25, 0.3) is 0 Å².